The van der Waals surface area contributed by atoms with Crippen LogP contribution in [0.15, 0.2) is 18.2 Å². The van der Waals surface area contributed by atoms with E-state index in [9.17, 15) is 0 Å². The number of aryl methyl sites for hydroxylation is 1. The first-order chi connectivity index (χ1) is 8.15. The van der Waals surface area contributed by atoms with Crippen LogP contribution in [-0.2, 0) is 0 Å². The average Bonchev–Trinajstić information content (AvgIpc) is 2.32. The van der Waals surface area contributed by atoms with Gasteiger partial charge in [-0.3, -0.25) is 0 Å². The minimum Gasteiger partial charge on any atom is -0.382 e. The van der Waals surface area contributed by atoms with Gasteiger partial charge in [-0.1, -0.05) is 17.7 Å². The van der Waals surface area contributed by atoms with Crippen molar-refractivity contribution in [1.82, 2.24) is 4.90 Å². The number of hydrogen-bond donors (Lipinski definition) is 2. The molecule has 0 amide bonds. The fraction of sp³-hybridized carbons (Fsp3) is 0.571. The molecule has 0 radical (unpaired) electrons. The van der Waals surface area contributed by atoms with E-state index < -0.39 is 0 Å². The fourth-order valence-corrected chi connectivity index (χ4v) is 3.21. The monoisotopic (exact) mass is 231 g/mol. The summed E-state index contributed by atoms with van der Waals surface area (Å²) in [4.78, 5) is 2.39. The van der Waals surface area contributed by atoms with Gasteiger partial charge in [-0.25, -0.2) is 0 Å². The largest absolute Gasteiger partial charge is 0.382 e. The summed E-state index contributed by atoms with van der Waals surface area (Å²) in [5.74, 6) is 0.544. The normalized spacial score (nSPS) is 32.5. The predicted molar refractivity (Wildman–Crippen MR) is 71.1 cm³/mol. The van der Waals surface area contributed by atoms with Gasteiger partial charge in [-0.15, -0.1) is 0 Å². The number of anilines is 1. The van der Waals surface area contributed by atoms with Gasteiger partial charge in [0.1, 0.15) is 0 Å². The highest BCUT2D eigenvalue weighted by Crippen LogP contribution is 2.38. The third-order valence-corrected chi connectivity index (χ3v) is 4.23. The van der Waals surface area contributed by atoms with E-state index in [-0.39, 0.29) is 6.04 Å². The molecule has 0 aliphatic carbocycles. The molecular weight excluding hydrogens is 210 g/mol. The summed E-state index contributed by atoms with van der Waals surface area (Å²) in [6, 6.07) is 7.31. The van der Waals surface area contributed by atoms with E-state index in [2.05, 4.69) is 42.4 Å². The molecule has 3 atom stereocenters. The van der Waals surface area contributed by atoms with Crippen molar-refractivity contribution >= 4 is 5.69 Å². The molecule has 2 aliphatic rings. The molecule has 3 nitrogen and oxygen atoms in total. The lowest BCUT2D eigenvalue weighted by Gasteiger charge is -2.44. The van der Waals surface area contributed by atoms with Gasteiger partial charge in [0.2, 0.25) is 0 Å². The summed E-state index contributed by atoms with van der Waals surface area (Å²) in [6.45, 7) is 4.40. The summed E-state index contributed by atoms with van der Waals surface area (Å²) >= 11 is 0. The molecule has 0 spiro atoms. The summed E-state index contributed by atoms with van der Waals surface area (Å²) in [6.07, 6.45) is 1.20. The van der Waals surface area contributed by atoms with Crippen LogP contribution in [0.3, 0.4) is 0 Å². The van der Waals surface area contributed by atoms with Crippen molar-refractivity contribution in [3.8, 4) is 0 Å². The van der Waals surface area contributed by atoms with Gasteiger partial charge in [0.15, 0.2) is 0 Å². The lowest BCUT2D eigenvalue weighted by atomic mass is 9.79. The third-order valence-electron chi connectivity index (χ3n) is 4.23. The number of rotatable bonds is 0. The number of fused-ring (bicyclic) bond motifs is 2. The second-order valence-corrected chi connectivity index (χ2v) is 5.58. The van der Waals surface area contributed by atoms with Crippen LogP contribution in [0.4, 0.5) is 5.69 Å². The standard InChI is InChI=1S/C14H21N3/c1-9-3-4-12-10(7-9)14(15)11-8-17(2)6-5-13(11)16-12/h3-4,7,11,13-14,16H,5-6,8,15H2,1-2H3. The maximum atomic E-state index is 6.47. The molecule has 0 aromatic heterocycles. The van der Waals surface area contributed by atoms with Gasteiger partial charge in [0.05, 0.1) is 0 Å². The zero-order valence-corrected chi connectivity index (χ0v) is 10.6. The molecule has 3 heteroatoms. The van der Waals surface area contributed by atoms with Crippen molar-refractivity contribution in [2.45, 2.75) is 25.4 Å². The van der Waals surface area contributed by atoms with Crippen LogP contribution in [0.25, 0.3) is 0 Å². The Balaban J connectivity index is 1.96. The number of nitrogens with one attached hydrogen (secondary N) is 1. The fourth-order valence-electron chi connectivity index (χ4n) is 3.21. The van der Waals surface area contributed by atoms with Crippen LogP contribution in [-0.4, -0.2) is 31.1 Å². The van der Waals surface area contributed by atoms with Crippen LogP contribution >= 0.6 is 0 Å². The van der Waals surface area contributed by atoms with Gasteiger partial charge >= 0.3 is 0 Å². The second-order valence-electron chi connectivity index (χ2n) is 5.58. The van der Waals surface area contributed by atoms with Gasteiger partial charge in [-0.2, -0.15) is 0 Å². The van der Waals surface area contributed by atoms with Crippen molar-refractivity contribution in [2.75, 3.05) is 25.5 Å². The smallest absolute Gasteiger partial charge is 0.0391 e. The minimum absolute atomic E-state index is 0.180. The van der Waals surface area contributed by atoms with E-state index in [0.29, 0.717) is 12.0 Å². The first-order valence-corrected chi connectivity index (χ1v) is 6.46. The number of likely N-dealkylation sites (tertiary alicyclic amines) is 1. The molecule has 2 aliphatic heterocycles. The molecule has 0 bridgehead atoms. The maximum Gasteiger partial charge on any atom is 0.0391 e. The van der Waals surface area contributed by atoms with Crippen LogP contribution in [0.1, 0.15) is 23.6 Å². The number of nitrogens with zero attached hydrogens (tertiary/aromatic N) is 1. The maximum absolute atomic E-state index is 6.47. The molecule has 92 valence electrons. The highest BCUT2D eigenvalue weighted by Gasteiger charge is 2.37. The quantitative estimate of drug-likeness (QED) is 0.714. The molecule has 3 rings (SSSR count). The zero-order valence-electron chi connectivity index (χ0n) is 10.6. The minimum atomic E-state index is 0.180. The van der Waals surface area contributed by atoms with Crippen LogP contribution in [0.2, 0.25) is 0 Å². The number of piperidine rings is 1. The number of benzene rings is 1. The molecule has 1 aromatic carbocycles. The van der Waals surface area contributed by atoms with E-state index in [0.717, 1.165) is 6.54 Å². The molecule has 1 aromatic rings. The first kappa shape index (κ1) is 11.1. The van der Waals surface area contributed by atoms with E-state index in [4.69, 9.17) is 5.73 Å². The molecule has 3 N–H and O–H groups in total. The molecule has 0 saturated carbocycles. The number of hydrogen-bond acceptors (Lipinski definition) is 3. The molecule has 1 saturated heterocycles. The van der Waals surface area contributed by atoms with Gasteiger partial charge in [-0.05, 0) is 38.6 Å². The Morgan fingerprint density at radius 2 is 2.24 bits per heavy atom. The van der Waals surface area contributed by atoms with E-state index in [1.54, 1.807) is 0 Å². The van der Waals surface area contributed by atoms with E-state index in [1.807, 2.05) is 0 Å². The lowest BCUT2D eigenvalue weighted by molar-refractivity contribution is 0.168. The topological polar surface area (TPSA) is 41.3 Å². The van der Waals surface area contributed by atoms with Crippen molar-refractivity contribution in [3.05, 3.63) is 29.3 Å². The molecule has 17 heavy (non-hydrogen) atoms. The molecule has 3 unspecified atom stereocenters. The highest BCUT2D eigenvalue weighted by molar-refractivity contribution is 5.57. The molecule has 2 heterocycles. The Labute approximate surface area is 103 Å². The Morgan fingerprint density at radius 1 is 1.41 bits per heavy atom. The van der Waals surface area contributed by atoms with Crippen molar-refractivity contribution < 1.29 is 0 Å². The van der Waals surface area contributed by atoms with Gasteiger partial charge < -0.3 is 16.0 Å². The van der Waals surface area contributed by atoms with E-state index >= 15 is 0 Å². The van der Waals surface area contributed by atoms with Gasteiger partial charge in [0.25, 0.3) is 0 Å². The second kappa shape index (κ2) is 4.00. The summed E-state index contributed by atoms with van der Waals surface area (Å²) in [5, 5.41) is 3.67. The molecule has 1 fully saturated rings. The van der Waals surface area contributed by atoms with Crippen molar-refractivity contribution in [3.63, 3.8) is 0 Å². The van der Waals surface area contributed by atoms with Crippen molar-refractivity contribution in [1.29, 1.82) is 0 Å². The van der Waals surface area contributed by atoms with Crippen molar-refractivity contribution in [2.24, 2.45) is 11.7 Å². The lowest BCUT2D eigenvalue weighted by Crippen LogP contribution is -2.51. The summed E-state index contributed by atoms with van der Waals surface area (Å²) in [7, 11) is 2.19. The third kappa shape index (κ3) is 1.83. The van der Waals surface area contributed by atoms with E-state index in [1.165, 1.54) is 29.8 Å². The molecular formula is C14H21N3. The summed E-state index contributed by atoms with van der Waals surface area (Å²) in [5.41, 5.74) is 10.3. The SMILES string of the molecule is Cc1ccc2c(c1)C(N)C1CN(C)CCC1N2. The Bertz CT molecular complexity index is 429. The Hall–Kier alpha value is -1.06. The first-order valence-electron chi connectivity index (χ1n) is 6.46. The Morgan fingerprint density at radius 3 is 3.06 bits per heavy atom. The zero-order chi connectivity index (χ0) is 12.0. The summed E-state index contributed by atoms with van der Waals surface area (Å²) < 4.78 is 0. The van der Waals surface area contributed by atoms with Gasteiger partial charge in [0, 0.05) is 30.2 Å². The van der Waals surface area contributed by atoms with Crippen LogP contribution in [0, 0.1) is 12.8 Å². The average molecular weight is 231 g/mol. The predicted octanol–water partition coefficient (Wildman–Crippen LogP) is 1.74. The van der Waals surface area contributed by atoms with Crippen LogP contribution in [0.5, 0.6) is 0 Å². The Kier molecular flexibility index (Phi) is 2.60. The van der Waals surface area contributed by atoms with Crippen LogP contribution < -0.4 is 11.1 Å². The highest BCUT2D eigenvalue weighted by atomic mass is 15.1. The number of nitrogens with two attached hydrogens (primary N) is 1.